The van der Waals surface area contributed by atoms with Gasteiger partial charge in [0.25, 0.3) is 0 Å². The Kier molecular flexibility index (Phi) is 4.64. The van der Waals surface area contributed by atoms with Crippen molar-refractivity contribution in [3.63, 3.8) is 0 Å². The van der Waals surface area contributed by atoms with Gasteiger partial charge in [-0.25, -0.2) is 9.80 Å². The number of hydrogen-bond acceptors (Lipinski definition) is 5. The Morgan fingerprint density at radius 3 is 2.50 bits per heavy atom. The van der Waals surface area contributed by atoms with Crippen molar-refractivity contribution in [3.8, 4) is 0 Å². The summed E-state index contributed by atoms with van der Waals surface area (Å²) in [5.41, 5.74) is 2.73. The topological polar surface area (TPSA) is 54.0 Å². The number of rotatable bonds is 3. The minimum absolute atomic E-state index is 0.232. The molecule has 6 nitrogen and oxygen atoms in total. The number of piperazine rings is 1. The molecule has 0 saturated carbocycles. The Bertz CT molecular complexity index is 181. The van der Waals surface area contributed by atoms with Gasteiger partial charge in [0.2, 0.25) is 0 Å². The molecule has 1 heterocycles. The molecular weight excluding hydrogens is 186 g/mol. The summed E-state index contributed by atoms with van der Waals surface area (Å²) in [6, 6.07) is 0. The highest BCUT2D eigenvalue weighted by molar-refractivity contribution is 5.67. The molecule has 6 heteroatoms. The molecule has 14 heavy (non-hydrogen) atoms. The summed E-state index contributed by atoms with van der Waals surface area (Å²) in [6.45, 7) is 5.04. The third-order valence-corrected chi connectivity index (χ3v) is 2.03. The Morgan fingerprint density at radius 2 is 2.00 bits per heavy atom. The Morgan fingerprint density at radius 1 is 1.36 bits per heavy atom. The van der Waals surface area contributed by atoms with Crippen LogP contribution in [0.25, 0.3) is 0 Å². The van der Waals surface area contributed by atoms with Gasteiger partial charge in [-0.05, 0) is 6.92 Å². The first-order chi connectivity index (χ1) is 6.77. The molecule has 1 amide bonds. The van der Waals surface area contributed by atoms with Gasteiger partial charge >= 0.3 is 6.09 Å². The van der Waals surface area contributed by atoms with Crippen LogP contribution in [0.3, 0.4) is 0 Å². The Labute approximate surface area is 83.7 Å². The van der Waals surface area contributed by atoms with Crippen molar-refractivity contribution in [1.29, 1.82) is 0 Å². The van der Waals surface area contributed by atoms with Crippen LogP contribution in [0.15, 0.2) is 0 Å². The van der Waals surface area contributed by atoms with Crippen molar-refractivity contribution >= 4 is 6.09 Å². The van der Waals surface area contributed by atoms with Crippen molar-refractivity contribution in [2.45, 2.75) is 6.92 Å². The van der Waals surface area contributed by atoms with E-state index in [1.807, 2.05) is 5.01 Å². The van der Waals surface area contributed by atoms with Crippen LogP contribution < -0.4 is 5.59 Å². The molecule has 0 aliphatic carbocycles. The third-order valence-electron chi connectivity index (χ3n) is 2.03. The van der Waals surface area contributed by atoms with Crippen LogP contribution in [0, 0.1) is 0 Å². The molecule has 1 N–H and O–H groups in total. The number of amides is 1. The van der Waals surface area contributed by atoms with E-state index in [1.54, 1.807) is 18.9 Å². The Balaban J connectivity index is 2.24. The first-order valence-electron chi connectivity index (χ1n) is 4.73. The predicted octanol–water partition coefficient (Wildman–Crippen LogP) is -0.174. The lowest BCUT2D eigenvalue weighted by molar-refractivity contribution is -0.0737. The smallest absolute Gasteiger partial charge is 0.409 e. The molecule has 82 valence electrons. The quantitative estimate of drug-likeness (QED) is 0.645. The third kappa shape index (κ3) is 3.13. The van der Waals surface area contributed by atoms with E-state index in [2.05, 4.69) is 5.59 Å². The molecule has 0 atom stereocenters. The highest BCUT2D eigenvalue weighted by atomic mass is 16.7. The highest BCUT2D eigenvalue weighted by Crippen LogP contribution is 2.01. The van der Waals surface area contributed by atoms with Crippen LogP contribution in [0.4, 0.5) is 4.79 Å². The van der Waals surface area contributed by atoms with Crippen molar-refractivity contribution in [1.82, 2.24) is 15.5 Å². The van der Waals surface area contributed by atoms with E-state index in [0.717, 1.165) is 13.1 Å². The van der Waals surface area contributed by atoms with Crippen LogP contribution in [0.2, 0.25) is 0 Å². The van der Waals surface area contributed by atoms with E-state index in [1.165, 1.54) is 0 Å². The second-order valence-electron chi connectivity index (χ2n) is 2.97. The van der Waals surface area contributed by atoms with E-state index in [-0.39, 0.29) is 6.09 Å². The lowest BCUT2D eigenvalue weighted by atomic mass is 10.4. The monoisotopic (exact) mass is 203 g/mol. The summed E-state index contributed by atoms with van der Waals surface area (Å²) >= 11 is 0. The van der Waals surface area contributed by atoms with Gasteiger partial charge in [0.1, 0.15) is 0 Å². The lowest BCUT2D eigenvalue weighted by Crippen LogP contribution is -2.53. The molecule has 1 fully saturated rings. The fourth-order valence-electron chi connectivity index (χ4n) is 1.32. The molecule has 0 aromatic carbocycles. The fraction of sp³-hybridized carbons (Fsp3) is 0.875. The molecule has 0 aromatic heterocycles. The standard InChI is InChI=1S/C8H17N3O3/c1-3-14-8(12)10-4-6-11(7-5-10)9-13-2/h9H,3-7H2,1-2H3. The van der Waals surface area contributed by atoms with Gasteiger partial charge in [0.15, 0.2) is 0 Å². The van der Waals surface area contributed by atoms with Crippen molar-refractivity contribution < 1.29 is 14.4 Å². The van der Waals surface area contributed by atoms with Gasteiger partial charge in [-0.2, -0.15) is 0 Å². The van der Waals surface area contributed by atoms with Crippen LogP contribution in [-0.4, -0.2) is 55.9 Å². The van der Waals surface area contributed by atoms with Gasteiger partial charge in [0.05, 0.1) is 13.7 Å². The molecular formula is C8H17N3O3. The maximum absolute atomic E-state index is 11.3. The second kappa shape index (κ2) is 5.79. The average Bonchev–Trinajstić information content (AvgIpc) is 2.20. The van der Waals surface area contributed by atoms with Crippen LogP contribution in [0.1, 0.15) is 6.92 Å². The fourth-order valence-corrected chi connectivity index (χ4v) is 1.32. The summed E-state index contributed by atoms with van der Waals surface area (Å²) in [7, 11) is 1.57. The van der Waals surface area contributed by atoms with Crippen molar-refractivity contribution in [3.05, 3.63) is 0 Å². The van der Waals surface area contributed by atoms with E-state index >= 15 is 0 Å². The number of nitrogens with zero attached hydrogens (tertiary/aromatic N) is 2. The molecule has 1 aliphatic heterocycles. The van der Waals surface area contributed by atoms with Crippen LogP contribution in [0.5, 0.6) is 0 Å². The first-order valence-corrected chi connectivity index (χ1v) is 4.73. The summed E-state index contributed by atoms with van der Waals surface area (Å²) in [5, 5.41) is 1.91. The minimum atomic E-state index is -0.232. The van der Waals surface area contributed by atoms with Crippen LogP contribution >= 0.6 is 0 Å². The van der Waals surface area contributed by atoms with E-state index in [0.29, 0.717) is 19.7 Å². The van der Waals surface area contributed by atoms with Gasteiger partial charge in [0, 0.05) is 26.2 Å². The van der Waals surface area contributed by atoms with Crippen molar-refractivity contribution in [2.24, 2.45) is 0 Å². The van der Waals surface area contributed by atoms with Gasteiger partial charge in [-0.1, -0.05) is 0 Å². The highest BCUT2D eigenvalue weighted by Gasteiger charge is 2.21. The van der Waals surface area contributed by atoms with E-state index < -0.39 is 0 Å². The normalized spacial score (nSPS) is 18.3. The minimum Gasteiger partial charge on any atom is -0.450 e. The molecule has 0 radical (unpaired) electrons. The van der Waals surface area contributed by atoms with E-state index in [4.69, 9.17) is 9.57 Å². The summed E-state index contributed by atoms with van der Waals surface area (Å²) in [6.07, 6.45) is -0.232. The first kappa shape index (κ1) is 11.2. The number of carbonyl (C=O) groups excluding carboxylic acids is 1. The van der Waals surface area contributed by atoms with E-state index in [9.17, 15) is 4.79 Å². The number of ether oxygens (including phenoxy) is 1. The summed E-state index contributed by atoms with van der Waals surface area (Å²) in [5.74, 6) is 0. The molecule has 0 aromatic rings. The zero-order valence-corrected chi connectivity index (χ0v) is 8.65. The maximum Gasteiger partial charge on any atom is 0.409 e. The number of carbonyl (C=O) groups is 1. The Hall–Kier alpha value is -0.850. The largest absolute Gasteiger partial charge is 0.450 e. The van der Waals surface area contributed by atoms with Crippen molar-refractivity contribution in [2.75, 3.05) is 39.9 Å². The summed E-state index contributed by atoms with van der Waals surface area (Å²) < 4.78 is 4.89. The molecule has 1 saturated heterocycles. The SMILES string of the molecule is CCOC(=O)N1CCN(NOC)CC1. The second-order valence-corrected chi connectivity index (χ2v) is 2.97. The number of hydrazine groups is 1. The molecule has 0 bridgehead atoms. The molecule has 0 spiro atoms. The van der Waals surface area contributed by atoms with Gasteiger partial charge in [-0.3, -0.25) is 4.84 Å². The summed E-state index contributed by atoms with van der Waals surface area (Å²) in [4.78, 5) is 17.8. The maximum atomic E-state index is 11.3. The molecule has 0 unspecified atom stereocenters. The average molecular weight is 203 g/mol. The predicted molar refractivity (Wildman–Crippen MR) is 50.3 cm³/mol. The van der Waals surface area contributed by atoms with Crippen LogP contribution in [-0.2, 0) is 9.57 Å². The van der Waals surface area contributed by atoms with Gasteiger partial charge < -0.3 is 9.64 Å². The molecule has 1 rings (SSSR count). The lowest BCUT2D eigenvalue weighted by Gasteiger charge is -2.33. The zero-order valence-electron chi connectivity index (χ0n) is 8.65. The molecule has 1 aliphatic rings. The number of nitrogens with one attached hydrogen (secondary N) is 1. The van der Waals surface area contributed by atoms with Gasteiger partial charge in [-0.15, -0.1) is 5.59 Å². The zero-order chi connectivity index (χ0) is 10.4. The number of hydrogen-bond donors (Lipinski definition) is 1.